The number of anilines is 1. The third kappa shape index (κ3) is 3.49. The van der Waals surface area contributed by atoms with E-state index < -0.39 is 27.1 Å². The zero-order chi connectivity index (χ0) is 24.0. The van der Waals surface area contributed by atoms with Gasteiger partial charge in [0.05, 0.1) is 26.6 Å². The van der Waals surface area contributed by atoms with Gasteiger partial charge in [0.25, 0.3) is 5.69 Å². The second-order valence-electron chi connectivity index (χ2n) is 9.37. The van der Waals surface area contributed by atoms with Gasteiger partial charge in [0.2, 0.25) is 5.91 Å². The number of oxime groups is 1. The summed E-state index contributed by atoms with van der Waals surface area (Å²) < 4.78 is 0. The van der Waals surface area contributed by atoms with Gasteiger partial charge in [0, 0.05) is 29.7 Å². The van der Waals surface area contributed by atoms with Crippen LogP contribution in [0.2, 0.25) is 5.02 Å². The molecule has 2 fully saturated rings. The lowest BCUT2D eigenvalue weighted by Gasteiger charge is -2.39. The van der Waals surface area contributed by atoms with Crippen LogP contribution < -0.4 is 5.32 Å². The van der Waals surface area contributed by atoms with E-state index in [-0.39, 0.29) is 22.2 Å². The number of amides is 1. The number of fused-ring (bicyclic) bond motifs is 2. The molecule has 172 valence electrons. The number of carbonyl (C=O) groups excluding carboxylic acids is 2. The van der Waals surface area contributed by atoms with E-state index in [0.717, 1.165) is 6.42 Å². The molecule has 2 atom stereocenters. The highest BCUT2D eigenvalue weighted by molar-refractivity contribution is 6.33. The van der Waals surface area contributed by atoms with Crippen molar-refractivity contribution in [3.05, 3.63) is 69.2 Å². The molecule has 9 heteroatoms. The Hall–Kier alpha value is -3.26. The van der Waals surface area contributed by atoms with Crippen LogP contribution in [-0.2, 0) is 9.63 Å². The molecule has 0 radical (unpaired) electrons. The molecule has 2 aromatic rings. The summed E-state index contributed by atoms with van der Waals surface area (Å²) in [5.41, 5.74) is -0.310. The third-order valence-electron chi connectivity index (χ3n) is 7.84. The van der Waals surface area contributed by atoms with Crippen LogP contribution in [0.3, 0.4) is 0 Å². The van der Waals surface area contributed by atoms with Crippen LogP contribution in [0.5, 0.6) is 0 Å². The number of nitro benzene ring substituents is 1. The maximum absolute atomic E-state index is 13.5. The lowest BCUT2D eigenvalue weighted by atomic mass is 9.64. The summed E-state index contributed by atoms with van der Waals surface area (Å²) in [6.07, 6.45) is 1.73. The van der Waals surface area contributed by atoms with Crippen molar-refractivity contribution in [2.75, 3.05) is 5.32 Å². The maximum Gasteiger partial charge on any atom is 0.367 e. The van der Waals surface area contributed by atoms with Crippen molar-refractivity contribution in [1.82, 2.24) is 0 Å². The number of nitrogens with zero attached hydrogens (tertiary/aromatic N) is 2. The fraction of sp³-hybridized carbons (Fsp3) is 0.375. The van der Waals surface area contributed by atoms with Crippen LogP contribution in [-0.4, -0.2) is 22.5 Å². The van der Waals surface area contributed by atoms with Crippen molar-refractivity contribution in [2.45, 2.75) is 40.0 Å². The first-order valence-corrected chi connectivity index (χ1v) is 11.0. The first-order chi connectivity index (χ1) is 15.5. The van der Waals surface area contributed by atoms with Crippen molar-refractivity contribution in [1.29, 1.82) is 0 Å². The molecule has 0 aliphatic heterocycles. The highest BCUT2D eigenvalue weighted by Gasteiger charge is 2.71. The summed E-state index contributed by atoms with van der Waals surface area (Å²) in [6.45, 7) is 6.12. The van der Waals surface area contributed by atoms with E-state index >= 15 is 0 Å². The molecule has 1 amide bonds. The Kier molecular flexibility index (Phi) is 5.52. The molecule has 4 rings (SSSR count). The van der Waals surface area contributed by atoms with Crippen molar-refractivity contribution in [2.24, 2.45) is 21.4 Å². The van der Waals surface area contributed by atoms with Gasteiger partial charge in [0.15, 0.2) is 0 Å². The van der Waals surface area contributed by atoms with Crippen LogP contribution in [0, 0.1) is 26.4 Å². The molecule has 2 unspecified atom stereocenters. The van der Waals surface area contributed by atoms with Gasteiger partial charge in [0.1, 0.15) is 0 Å². The number of hydrogen-bond donors (Lipinski definition) is 1. The molecule has 1 N–H and O–H groups in total. The summed E-state index contributed by atoms with van der Waals surface area (Å²) >= 11 is 6.08. The average Bonchev–Trinajstić information content (AvgIpc) is 3.09. The number of benzene rings is 2. The van der Waals surface area contributed by atoms with Gasteiger partial charge < -0.3 is 10.2 Å². The number of halogens is 1. The van der Waals surface area contributed by atoms with E-state index in [1.165, 1.54) is 24.3 Å². The average molecular weight is 470 g/mol. The van der Waals surface area contributed by atoms with Crippen molar-refractivity contribution in [3.8, 4) is 0 Å². The summed E-state index contributed by atoms with van der Waals surface area (Å²) in [4.78, 5) is 41.6. The molecule has 2 aromatic carbocycles. The van der Waals surface area contributed by atoms with E-state index in [2.05, 4.69) is 10.5 Å². The standard InChI is InChI=1S/C24H24ClN3O5/c1-22(2)23(3)12-13-24(22,21(30)26-15-8-10-16(11-9-15)28(31)32)14-19(23)27-33-20(29)17-6-4-5-7-18(17)25/h4-11H,12-14H2,1-3H3,(H,26,30)/b27-19+. The Morgan fingerprint density at radius 3 is 2.39 bits per heavy atom. The lowest BCUT2D eigenvalue weighted by molar-refractivity contribution is -0.384. The van der Waals surface area contributed by atoms with Gasteiger partial charge in [-0.25, -0.2) is 4.79 Å². The van der Waals surface area contributed by atoms with Crippen LogP contribution >= 0.6 is 11.6 Å². The fourth-order valence-electron chi connectivity index (χ4n) is 5.21. The molecular weight excluding hydrogens is 446 g/mol. The molecule has 2 bridgehead atoms. The molecule has 33 heavy (non-hydrogen) atoms. The highest BCUT2D eigenvalue weighted by atomic mass is 35.5. The van der Waals surface area contributed by atoms with E-state index in [4.69, 9.17) is 16.4 Å². The molecule has 0 aromatic heterocycles. The second-order valence-corrected chi connectivity index (χ2v) is 9.78. The van der Waals surface area contributed by atoms with Crippen molar-refractivity contribution >= 4 is 40.6 Å². The monoisotopic (exact) mass is 469 g/mol. The van der Waals surface area contributed by atoms with Gasteiger partial charge in [-0.3, -0.25) is 14.9 Å². The SMILES string of the molecule is CC12CCC(C(=O)Nc3ccc([N+](=O)[O-])cc3)(C/C1=N\OC(=O)c1ccccc1Cl)C2(C)C. The second kappa shape index (κ2) is 7.95. The molecular formula is C24H24ClN3O5. The number of hydrogen-bond acceptors (Lipinski definition) is 6. The molecule has 0 saturated heterocycles. The predicted molar refractivity (Wildman–Crippen MR) is 124 cm³/mol. The quantitative estimate of drug-likeness (QED) is 0.347. The Bertz CT molecular complexity index is 1180. The topological polar surface area (TPSA) is 111 Å². The molecule has 2 saturated carbocycles. The van der Waals surface area contributed by atoms with Gasteiger partial charge in [-0.2, -0.15) is 0 Å². The van der Waals surface area contributed by atoms with Gasteiger partial charge in [-0.15, -0.1) is 0 Å². The van der Waals surface area contributed by atoms with Gasteiger partial charge in [-0.1, -0.05) is 49.7 Å². The van der Waals surface area contributed by atoms with E-state index in [1.54, 1.807) is 24.3 Å². The van der Waals surface area contributed by atoms with Crippen LogP contribution in [0.4, 0.5) is 11.4 Å². The number of carbonyl (C=O) groups is 2. The van der Waals surface area contributed by atoms with Crippen LogP contribution in [0.1, 0.15) is 50.4 Å². The highest BCUT2D eigenvalue weighted by Crippen LogP contribution is 2.71. The van der Waals surface area contributed by atoms with Crippen LogP contribution in [0.15, 0.2) is 53.7 Å². The summed E-state index contributed by atoms with van der Waals surface area (Å²) in [7, 11) is 0. The minimum atomic E-state index is -0.751. The zero-order valence-electron chi connectivity index (χ0n) is 18.6. The summed E-state index contributed by atoms with van der Waals surface area (Å²) in [5.74, 6) is -0.825. The molecule has 0 heterocycles. The Balaban J connectivity index is 1.57. The fourth-order valence-corrected chi connectivity index (χ4v) is 5.43. The van der Waals surface area contributed by atoms with Crippen molar-refractivity contribution in [3.63, 3.8) is 0 Å². The first-order valence-electron chi connectivity index (χ1n) is 10.6. The predicted octanol–water partition coefficient (Wildman–Crippen LogP) is 5.62. The minimum Gasteiger partial charge on any atom is -0.326 e. The lowest BCUT2D eigenvalue weighted by Crippen LogP contribution is -2.43. The largest absolute Gasteiger partial charge is 0.367 e. The number of nitro groups is 1. The molecule has 2 aliphatic rings. The van der Waals surface area contributed by atoms with Gasteiger partial charge >= 0.3 is 5.97 Å². The Labute approximate surface area is 196 Å². The Morgan fingerprint density at radius 2 is 1.76 bits per heavy atom. The third-order valence-corrected chi connectivity index (χ3v) is 8.17. The Morgan fingerprint density at radius 1 is 1.09 bits per heavy atom. The smallest absolute Gasteiger partial charge is 0.326 e. The van der Waals surface area contributed by atoms with E-state index in [1.807, 2.05) is 20.8 Å². The number of non-ortho nitro benzene ring substituents is 1. The first kappa shape index (κ1) is 22.9. The molecule has 0 spiro atoms. The summed E-state index contributed by atoms with van der Waals surface area (Å²) in [6, 6.07) is 12.3. The molecule has 8 nitrogen and oxygen atoms in total. The number of rotatable bonds is 5. The zero-order valence-corrected chi connectivity index (χ0v) is 19.3. The maximum atomic E-state index is 13.5. The number of nitrogens with one attached hydrogen (secondary N) is 1. The van der Waals surface area contributed by atoms with Crippen molar-refractivity contribution < 1.29 is 19.3 Å². The minimum absolute atomic E-state index is 0.0458. The van der Waals surface area contributed by atoms with Gasteiger partial charge in [-0.05, 0) is 42.5 Å². The van der Waals surface area contributed by atoms with Crippen LogP contribution in [0.25, 0.3) is 0 Å². The van der Waals surface area contributed by atoms with E-state index in [0.29, 0.717) is 24.2 Å². The van der Waals surface area contributed by atoms with E-state index in [9.17, 15) is 19.7 Å². The summed E-state index contributed by atoms with van der Waals surface area (Å²) in [5, 5.41) is 18.3. The normalized spacial score (nSPS) is 26.2. The molecule has 2 aliphatic carbocycles.